The molecule has 2 aromatic heterocycles. The Morgan fingerprint density at radius 2 is 1.45 bits per heavy atom. The molecule has 0 unspecified atom stereocenters. The van der Waals surface area contributed by atoms with Crippen LogP contribution in [0.2, 0.25) is 0 Å². The van der Waals surface area contributed by atoms with Gasteiger partial charge in [-0.05, 0) is 41.7 Å². The van der Waals surface area contributed by atoms with Gasteiger partial charge in [0, 0.05) is 51.7 Å². The molecule has 0 aliphatic rings. The second-order valence-electron chi connectivity index (χ2n) is 11.9. The van der Waals surface area contributed by atoms with Gasteiger partial charge in [0.05, 0.1) is 35.2 Å². The maximum Gasteiger partial charge on any atom is 0.415 e. The summed E-state index contributed by atoms with van der Waals surface area (Å²) in [5, 5.41) is 3.85. The van der Waals surface area contributed by atoms with Gasteiger partial charge in [-0.25, -0.2) is 9.59 Å². The van der Waals surface area contributed by atoms with E-state index in [1.54, 1.807) is 28.3 Å². The molecule has 0 saturated carbocycles. The van der Waals surface area contributed by atoms with Gasteiger partial charge in [0.1, 0.15) is 11.6 Å². The van der Waals surface area contributed by atoms with Crippen molar-refractivity contribution in [3.8, 4) is 0 Å². The van der Waals surface area contributed by atoms with Crippen molar-refractivity contribution in [1.82, 2.24) is 20.2 Å². The van der Waals surface area contributed by atoms with Gasteiger partial charge < -0.3 is 19.7 Å². The topological polar surface area (TPSA) is 100 Å². The second-order valence-corrected chi connectivity index (χ2v) is 13.7. The molecule has 12 heteroatoms. The number of aromatic nitrogens is 2. The fourth-order valence-electron chi connectivity index (χ4n) is 5.66. The SMILES string of the molecule is COC(=O)N(c1cncs1)[C@@H](Cc1ccccc1)CN(Cc1ccc(N(C)C)cc1)C[C@@H](Cc1ccccc1)NC(=O)OCc1cncs1. The van der Waals surface area contributed by atoms with E-state index in [0.717, 1.165) is 27.3 Å². The summed E-state index contributed by atoms with van der Waals surface area (Å²) in [6.07, 6.45) is 3.62. The van der Waals surface area contributed by atoms with Crippen molar-refractivity contribution >= 4 is 45.5 Å². The summed E-state index contributed by atoms with van der Waals surface area (Å²) in [4.78, 5) is 41.9. The molecule has 5 aromatic rings. The van der Waals surface area contributed by atoms with Crippen LogP contribution in [-0.4, -0.2) is 73.4 Å². The first-order valence-electron chi connectivity index (χ1n) is 16.0. The lowest BCUT2D eigenvalue weighted by atomic mass is 10.0. The molecule has 2 amide bonds. The van der Waals surface area contributed by atoms with E-state index in [-0.39, 0.29) is 18.7 Å². The van der Waals surface area contributed by atoms with E-state index in [2.05, 4.69) is 73.6 Å². The van der Waals surface area contributed by atoms with Gasteiger partial charge in [-0.1, -0.05) is 72.8 Å². The molecule has 2 heterocycles. The molecule has 0 fully saturated rings. The lowest BCUT2D eigenvalue weighted by Gasteiger charge is -2.36. The van der Waals surface area contributed by atoms with E-state index in [1.807, 2.05) is 50.5 Å². The van der Waals surface area contributed by atoms with Crippen molar-refractivity contribution < 1.29 is 19.1 Å². The van der Waals surface area contributed by atoms with Crippen LogP contribution in [0.25, 0.3) is 0 Å². The van der Waals surface area contributed by atoms with Crippen molar-refractivity contribution in [2.24, 2.45) is 0 Å². The number of hydrogen-bond donors (Lipinski definition) is 1. The lowest BCUT2D eigenvalue weighted by Crippen LogP contribution is -2.51. The summed E-state index contributed by atoms with van der Waals surface area (Å²) >= 11 is 2.83. The zero-order valence-corrected chi connectivity index (χ0v) is 29.6. The van der Waals surface area contributed by atoms with Gasteiger partial charge in [0.15, 0.2) is 0 Å². The van der Waals surface area contributed by atoms with Crippen LogP contribution in [0.3, 0.4) is 0 Å². The molecule has 2 atom stereocenters. The molecule has 5 rings (SSSR count). The number of ether oxygens (including phenoxy) is 2. The average molecular weight is 699 g/mol. The zero-order chi connectivity index (χ0) is 34.4. The molecule has 0 saturated heterocycles. The number of methoxy groups -OCH3 is 1. The number of rotatable bonds is 16. The minimum atomic E-state index is -0.494. The van der Waals surface area contributed by atoms with E-state index >= 15 is 0 Å². The van der Waals surface area contributed by atoms with Crippen LogP contribution in [0, 0.1) is 0 Å². The quantitative estimate of drug-likeness (QED) is 0.119. The fourth-order valence-corrected chi connectivity index (χ4v) is 6.85. The second kappa shape index (κ2) is 18.1. The van der Waals surface area contributed by atoms with Crippen molar-refractivity contribution in [3.05, 3.63) is 130 Å². The number of carbonyl (C=O) groups excluding carboxylic acids is 2. The number of amides is 2. The molecule has 0 aliphatic heterocycles. The largest absolute Gasteiger partial charge is 0.452 e. The molecule has 256 valence electrons. The number of nitrogens with zero attached hydrogens (tertiary/aromatic N) is 5. The highest BCUT2D eigenvalue weighted by Gasteiger charge is 2.31. The van der Waals surface area contributed by atoms with E-state index in [1.165, 1.54) is 29.8 Å². The minimum absolute atomic E-state index is 0.151. The molecule has 10 nitrogen and oxygen atoms in total. The van der Waals surface area contributed by atoms with Crippen LogP contribution in [0.4, 0.5) is 20.3 Å². The number of anilines is 2. The molecule has 0 spiro atoms. The fraction of sp³-hybridized carbons (Fsp3) is 0.297. The molecular formula is C37H42N6O4S2. The highest BCUT2D eigenvalue weighted by atomic mass is 32.1. The van der Waals surface area contributed by atoms with Crippen LogP contribution >= 0.6 is 22.7 Å². The summed E-state index contributed by atoms with van der Waals surface area (Å²) in [5.41, 5.74) is 7.82. The molecule has 0 bridgehead atoms. The Hall–Kier alpha value is -4.78. The Kier molecular flexibility index (Phi) is 13.1. The Labute approximate surface area is 296 Å². The monoisotopic (exact) mass is 698 g/mol. The third-order valence-corrected chi connectivity index (χ3v) is 9.51. The first kappa shape index (κ1) is 35.5. The van der Waals surface area contributed by atoms with Crippen LogP contribution < -0.4 is 15.1 Å². The average Bonchev–Trinajstić information content (AvgIpc) is 3.84. The van der Waals surface area contributed by atoms with Gasteiger partial charge in [-0.3, -0.25) is 19.8 Å². The van der Waals surface area contributed by atoms with Crippen molar-refractivity contribution in [2.75, 3.05) is 44.1 Å². The third kappa shape index (κ3) is 10.9. The lowest BCUT2D eigenvalue weighted by molar-refractivity contribution is 0.130. The summed E-state index contributed by atoms with van der Waals surface area (Å²) in [6, 6.07) is 28.1. The number of thiazole rings is 2. The van der Waals surface area contributed by atoms with Crippen LogP contribution in [0.1, 0.15) is 21.6 Å². The van der Waals surface area contributed by atoms with Gasteiger partial charge in [0.2, 0.25) is 0 Å². The Morgan fingerprint density at radius 3 is 2.04 bits per heavy atom. The number of benzene rings is 3. The van der Waals surface area contributed by atoms with E-state index < -0.39 is 12.2 Å². The van der Waals surface area contributed by atoms with Crippen molar-refractivity contribution in [1.29, 1.82) is 0 Å². The maximum absolute atomic E-state index is 13.4. The highest BCUT2D eigenvalue weighted by molar-refractivity contribution is 7.14. The minimum Gasteiger partial charge on any atom is -0.452 e. The predicted octanol–water partition coefficient (Wildman–Crippen LogP) is 6.89. The molecule has 3 aromatic carbocycles. The number of nitrogens with one attached hydrogen (secondary N) is 1. The summed E-state index contributed by atoms with van der Waals surface area (Å²) < 4.78 is 10.9. The normalized spacial score (nSPS) is 12.2. The number of carbonyl (C=O) groups is 2. The van der Waals surface area contributed by atoms with Crippen molar-refractivity contribution in [3.63, 3.8) is 0 Å². The summed E-state index contributed by atoms with van der Waals surface area (Å²) in [5.74, 6) is 0. The maximum atomic E-state index is 13.4. The van der Waals surface area contributed by atoms with Crippen LogP contribution in [0.5, 0.6) is 0 Å². The predicted molar refractivity (Wildman–Crippen MR) is 196 cm³/mol. The Morgan fingerprint density at radius 1 is 0.796 bits per heavy atom. The smallest absolute Gasteiger partial charge is 0.415 e. The van der Waals surface area contributed by atoms with Gasteiger partial charge >= 0.3 is 12.2 Å². The van der Waals surface area contributed by atoms with Crippen molar-refractivity contribution in [2.45, 2.75) is 38.1 Å². The highest BCUT2D eigenvalue weighted by Crippen LogP contribution is 2.26. The molecule has 1 N–H and O–H groups in total. The first-order chi connectivity index (χ1) is 23.9. The van der Waals surface area contributed by atoms with E-state index in [4.69, 9.17) is 9.47 Å². The van der Waals surface area contributed by atoms with Gasteiger partial charge in [-0.15, -0.1) is 22.7 Å². The molecule has 49 heavy (non-hydrogen) atoms. The molecule has 0 radical (unpaired) electrons. The number of hydrogen-bond acceptors (Lipinski definition) is 10. The summed E-state index contributed by atoms with van der Waals surface area (Å²) in [6.45, 7) is 1.71. The number of alkyl carbamates (subject to hydrolysis) is 1. The molecular weight excluding hydrogens is 657 g/mol. The Bertz CT molecular complexity index is 1690. The third-order valence-electron chi connectivity index (χ3n) is 7.99. The summed E-state index contributed by atoms with van der Waals surface area (Å²) in [7, 11) is 5.44. The van der Waals surface area contributed by atoms with Crippen LogP contribution in [0.15, 0.2) is 108 Å². The van der Waals surface area contributed by atoms with E-state index in [9.17, 15) is 9.59 Å². The Balaban J connectivity index is 1.47. The van der Waals surface area contributed by atoms with Crippen LogP contribution in [-0.2, 0) is 35.5 Å². The molecule has 0 aliphatic carbocycles. The van der Waals surface area contributed by atoms with Gasteiger partial charge in [0.25, 0.3) is 0 Å². The first-order valence-corrected chi connectivity index (χ1v) is 17.8. The zero-order valence-electron chi connectivity index (χ0n) is 28.0. The standard InChI is InChI=1S/C37H42N6O4S2/c1-41(2)32-16-14-30(15-17-32)22-42(23-31(18-28-10-6-4-7-11-28)40-36(44)47-25-34-20-38-26-48-34)24-33(19-29-12-8-5-9-13-29)43(37(45)46-3)35-21-39-27-49-35/h4-17,20-21,26-27,31,33H,18-19,22-25H2,1-3H3,(H,40,44)/t31-,33+/m1/s1. The van der Waals surface area contributed by atoms with Gasteiger partial charge in [-0.2, -0.15) is 0 Å². The van der Waals surface area contributed by atoms with E-state index in [0.29, 0.717) is 37.5 Å².